The first-order chi connectivity index (χ1) is 8.65. The van der Waals surface area contributed by atoms with Gasteiger partial charge in [-0.05, 0) is 18.2 Å². The molecule has 1 atom stereocenters. The van der Waals surface area contributed by atoms with Crippen molar-refractivity contribution in [3.8, 4) is 5.75 Å². The van der Waals surface area contributed by atoms with Crippen molar-refractivity contribution in [1.82, 2.24) is 5.32 Å². The Labute approximate surface area is 115 Å². The van der Waals surface area contributed by atoms with Gasteiger partial charge in [-0.25, -0.2) is 0 Å². The monoisotopic (exact) mass is 313 g/mol. The molecule has 0 spiro atoms. The van der Waals surface area contributed by atoms with Crippen LogP contribution in [0.5, 0.6) is 5.75 Å². The molecule has 0 heterocycles. The van der Waals surface area contributed by atoms with Crippen LogP contribution in [0.3, 0.4) is 0 Å². The maximum atomic E-state index is 11.5. The fourth-order valence-electron chi connectivity index (χ4n) is 1.28. The van der Waals surface area contributed by atoms with Crippen LogP contribution >= 0.6 is 15.9 Å². The molecule has 5 heteroatoms. The minimum absolute atomic E-state index is 0.151. The first-order valence-electron chi connectivity index (χ1n) is 5.57. The van der Waals surface area contributed by atoms with Crippen molar-refractivity contribution in [2.24, 2.45) is 0 Å². The number of benzene rings is 1. The van der Waals surface area contributed by atoms with Crippen LogP contribution in [0.2, 0.25) is 0 Å². The predicted molar refractivity (Wildman–Crippen MR) is 73.5 cm³/mol. The lowest BCUT2D eigenvalue weighted by Crippen LogP contribution is -2.36. The Morgan fingerprint density at radius 1 is 1.61 bits per heavy atom. The number of ether oxygens (including phenoxy) is 1. The van der Waals surface area contributed by atoms with E-state index in [4.69, 9.17) is 9.84 Å². The van der Waals surface area contributed by atoms with E-state index in [9.17, 15) is 4.79 Å². The number of nitrogens with one attached hydrogen (secondary N) is 1. The summed E-state index contributed by atoms with van der Waals surface area (Å²) in [5, 5.41) is 11.5. The zero-order valence-corrected chi connectivity index (χ0v) is 11.5. The van der Waals surface area contributed by atoms with Gasteiger partial charge >= 0.3 is 0 Å². The van der Waals surface area contributed by atoms with E-state index in [1.165, 1.54) is 6.08 Å². The summed E-state index contributed by atoms with van der Waals surface area (Å²) in [6.07, 6.45) is 1.73. The summed E-state index contributed by atoms with van der Waals surface area (Å²) < 4.78 is 6.35. The van der Waals surface area contributed by atoms with Crippen molar-refractivity contribution in [2.75, 3.05) is 13.2 Å². The van der Waals surface area contributed by atoms with E-state index in [0.29, 0.717) is 5.75 Å². The minimum Gasteiger partial charge on any atom is -0.493 e. The molecule has 1 amide bonds. The third kappa shape index (κ3) is 5.33. The van der Waals surface area contributed by atoms with E-state index in [1.54, 1.807) is 0 Å². The summed E-state index contributed by atoms with van der Waals surface area (Å²) in [6, 6.07) is 7.01. The SMILES string of the molecule is C=C[C@@H](CO)NC(=O)CCOc1cccc(Br)c1. The standard InChI is InChI=1S/C13H16BrNO3/c1-2-11(9-16)15-13(17)6-7-18-12-5-3-4-10(14)8-12/h2-5,8,11,16H,1,6-7,9H2,(H,15,17)/t11-/m0/s1. The highest BCUT2D eigenvalue weighted by molar-refractivity contribution is 9.10. The molecule has 1 aromatic carbocycles. The highest BCUT2D eigenvalue weighted by atomic mass is 79.9. The number of amides is 1. The summed E-state index contributed by atoms with van der Waals surface area (Å²) in [5.41, 5.74) is 0. The van der Waals surface area contributed by atoms with Gasteiger partial charge in [-0.1, -0.05) is 28.1 Å². The summed E-state index contributed by atoms with van der Waals surface area (Å²) in [6.45, 7) is 3.65. The second-order valence-corrected chi connectivity index (χ2v) is 4.56. The van der Waals surface area contributed by atoms with Crippen molar-refractivity contribution in [2.45, 2.75) is 12.5 Å². The van der Waals surface area contributed by atoms with E-state index in [-0.39, 0.29) is 25.5 Å². The van der Waals surface area contributed by atoms with Gasteiger partial charge in [0.15, 0.2) is 0 Å². The number of hydrogen-bond donors (Lipinski definition) is 2. The van der Waals surface area contributed by atoms with Crippen molar-refractivity contribution in [3.05, 3.63) is 41.4 Å². The zero-order valence-electron chi connectivity index (χ0n) is 9.93. The minimum atomic E-state index is -0.400. The van der Waals surface area contributed by atoms with E-state index in [1.807, 2.05) is 24.3 Å². The second kappa shape index (κ2) is 7.89. The number of carbonyl (C=O) groups is 1. The number of carbonyl (C=O) groups excluding carboxylic acids is 1. The van der Waals surface area contributed by atoms with Crippen molar-refractivity contribution < 1.29 is 14.6 Å². The molecule has 2 N–H and O–H groups in total. The largest absolute Gasteiger partial charge is 0.493 e. The Morgan fingerprint density at radius 3 is 3.00 bits per heavy atom. The highest BCUT2D eigenvalue weighted by Gasteiger charge is 2.07. The van der Waals surface area contributed by atoms with Gasteiger partial charge < -0.3 is 15.2 Å². The van der Waals surface area contributed by atoms with Crippen LogP contribution in [-0.4, -0.2) is 30.3 Å². The van der Waals surface area contributed by atoms with Gasteiger partial charge in [0.25, 0.3) is 0 Å². The molecule has 0 bridgehead atoms. The van der Waals surface area contributed by atoms with Gasteiger partial charge in [-0.2, -0.15) is 0 Å². The van der Waals surface area contributed by atoms with Crippen molar-refractivity contribution in [1.29, 1.82) is 0 Å². The average molecular weight is 314 g/mol. The smallest absolute Gasteiger partial charge is 0.223 e. The van der Waals surface area contributed by atoms with Gasteiger partial charge in [-0.3, -0.25) is 4.79 Å². The van der Waals surface area contributed by atoms with Crippen LogP contribution in [0, 0.1) is 0 Å². The molecule has 0 aromatic heterocycles. The second-order valence-electron chi connectivity index (χ2n) is 3.65. The first-order valence-corrected chi connectivity index (χ1v) is 6.36. The quantitative estimate of drug-likeness (QED) is 0.756. The molecule has 0 aliphatic rings. The van der Waals surface area contributed by atoms with Crippen LogP contribution in [-0.2, 0) is 4.79 Å². The summed E-state index contributed by atoms with van der Waals surface area (Å²) in [4.78, 5) is 11.5. The van der Waals surface area contributed by atoms with Gasteiger partial charge in [-0.15, -0.1) is 6.58 Å². The van der Waals surface area contributed by atoms with Crippen LogP contribution in [0.25, 0.3) is 0 Å². The molecule has 18 heavy (non-hydrogen) atoms. The van der Waals surface area contributed by atoms with Crippen LogP contribution in [0.4, 0.5) is 0 Å². The van der Waals surface area contributed by atoms with E-state index < -0.39 is 6.04 Å². The Hall–Kier alpha value is -1.33. The van der Waals surface area contributed by atoms with Gasteiger partial charge in [0, 0.05) is 4.47 Å². The Balaban J connectivity index is 2.29. The number of hydrogen-bond acceptors (Lipinski definition) is 3. The Morgan fingerprint density at radius 2 is 2.39 bits per heavy atom. The Kier molecular flexibility index (Phi) is 6.46. The van der Waals surface area contributed by atoms with E-state index in [2.05, 4.69) is 27.8 Å². The van der Waals surface area contributed by atoms with Gasteiger partial charge in [0.1, 0.15) is 5.75 Å². The fourth-order valence-corrected chi connectivity index (χ4v) is 1.65. The zero-order chi connectivity index (χ0) is 13.4. The summed E-state index contributed by atoms with van der Waals surface area (Å²) >= 11 is 3.34. The molecule has 0 saturated heterocycles. The molecule has 0 saturated carbocycles. The number of aliphatic hydroxyl groups excluding tert-OH is 1. The third-order valence-electron chi connectivity index (χ3n) is 2.22. The first kappa shape index (κ1) is 14.7. The third-order valence-corrected chi connectivity index (χ3v) is 2.71. The highest BCUT2D eigenvalue weighted by Crippen LogP contribution is 2.17. The maximum Gasteiger partial charge on any atom is 0.223 e. The molecule has 0 unspecified atom stereocenters. The van der Waals surface area contributed by atoms with E-state index in [0.717, 1.165) is 4.47 Å². The lowest BCUT2D eigenvalue weighted by atomic mass is 10.3. The molecule has 0 aliphatic heterocycles. The molecule has 1 rings (SSSR count). The molecule has 98 valence electrons. The summed E-state index contributed by atoms with van der Waals surface area (Å²) in [7, 11) is 0. The normalized spacial score (nSPS) is 11.7. The van der Waals surface area contributed by atoms with Crippen LogP contribution < -0.4 is 10.1 Å². The topological polar surface area (TPSA) is 58.6 Å². The number of rotatable bonds is 7. The summed E-state index contributed by atoms with van der Waals surface area (Å²) in [5.74, 6) is 0.531. The van der Waals surface area contributed by atoms with Gasteiger partial charge in [0.2, 0.25) is 5.91 Å². The maximum absolute atomic E-state index is 11.5. The van der Waals surface area contributed by atoms with Crippen LogP contribution in [0.1, 0.15) is 6.42 Å². The van der Waals surface area contributed by atoms with Crippen molar-refractivity contribution >= 4 is 21.8 Å². The van der Waals surface area contributed by atoms with Gasteiger partial charge in [0.05, 0.1) is 25.7 Å². The number of aliphatic hydroxyl groups is 1. The average Bonchev–Trinajstić information content (AvgIpc) is 2.36. The lowest BCUT2D eigenvalue weighted by Gasteiger charge is -2.12. The molecule has 0 radical (unpaired) electrons. The van der Waals surface area contributed by atoms with E-state index >= 15 is 0 Å². The van der Waals surface area contributed by atoms with Crippen molar-refractivity contribution in [3.63, 3.8) is 0 Å². The molecule has 4 nitrogen and oxygen atoms in total. The number of halogens is 1. The molecule has 1 aromatic rings. The Bertz CT molecular complexity index is 409. The van der Waals surface area contributed by atoms with Crippen LogP contribution in [0.15, 0.2) is 41.4 Å². The molecular weight excluding hydrogens is 298 g/mol. The molecule has 0 aliphatic carbocycles. The molecular formula is C13H16BrNO3. The fraction of sp³-hybridized carbons (Fsp3) is 0.308. The lowest BCUT2D eigenvalue weighted by molar-refractivity contribution is -0.122. The molecule has 0 fully saturated rings. The predicted octanol–water partition coefficient (Wildman–Crippen LogP) is 1.88.